The molecule has 0 spiro atoms. The van der Waals surface area contributed by atoms with Gasteiger partial charge in [0.25, 0.3) is 0 Å². The zero-order chi connectivity index (χ0) is 11.0. The zero-order valence-electron chi connectivity index (χ0n) is 10.5. The Hall–Kier alpha value is -0.850. The Bertz CT molecular complexity index is 333. The van der Waals surface area contributed by atoms with E-state index >= 15 is 0 Å². The van der Waals surface area contributed by atoms with Crippen LogP contribution in [0.15, 0.2) is 0 Å². The molecule has 0 saturated carbocycles. The first-order chi connectivity index (χ1) is 6.37. The van der Waals surface area contributed by atoms with E-state index in [4.69, 9.17) is 0 Å². The van der Waals surface area contributed by atoms with Gasteiger partial charge in [0.1, 0.15) is 7.05 Å². The van der Waals surface area contributed by atoms with Gasteiger partial charge in [-0.1, -0.05) is 13.8 Å². The van der Waals surface area contributed by atoms with Gasteiger partial charge in [-0.3, -0.25) is 0 Å². The smallest absolute Gasteiger partial charge is 0.187 e. The minimum atomic E-state index is 0.595. The van der Waals surface area contributed by atoms with Gasteiger partial charge in [0.15, 0.2) is 11.4 Å². The van der Waals surface area contributed by atoms with Gasteiger partial charge in [-0.05, 0) is 26.3 Å². The number of nitrogens with zero attached hydrogens (tertiary/aromatic N) is 1. The summed E-state index contributed by atoms with van der Waals surface area (Å²) in [6.45, 7) is 13.4. The molecule has 0 bridgehead atoms. The summed E-state index contributed by atoms with van der Waals surface area (Å²) in [5, 5.41) is 0. The Labute approximate surface area is 87.8 Å². The summed E-state index contributed by atoms with van der Waals surface area (Å²) in [5.74, 6) is 0.595. The highest BCUT2D eigenvalue weighted by Gasteiger charge is 2.21. The van der Waals surface area contributed by atoms with Crippen LogP contribution in [0.2, 0.25) is 0 Å². The maximum Gasteiger partial charge on any atom is 0.187 e. The molecule has 0 fully saturated rings. The molecule has 0 atom stereocenters. The van der Waals surface area contributed by atoms with Crippen LogP contribution in [0.5, 0.6) is 0 Å². The van der Waals surface area contributed by atoms with Crippen LogP contribution in [0.1, 0.15) is 47.8 Å². The summed E-state index contributed by atoms with van der Waals surface area (Å²) in [6.07, 6.45) is 0. The summed E-state index contributed by atoms with van der Waals surface area (Å²) in [7, 11) is 2.17. The van der Waals surface area contributed by atoms with Gasteiger partial charge in [-0.2, -0.15) is 0 Å². The number of hydrogen-bond donors (Lipinski definition) is 0. The van der Waals surface area contributed by atoms with Crippen molar-refractivity contribution in [2.75, 3.05) is 0 Å². The van der Waals surface area contributed by atoms with Crippen LogP contribution >= 0.6 is 0 Å². The van der Waals surface area contributed by atoms with Crippen molar-refractivity contribution in [3.8, 4) is 0 Å². The lowest BCUT2D eigenvalue weighted by atomic mass is 9.96. The van der Waals surface area contributed by atoms with Gasteiger partial charge in [-0.15, -0.1) is 0 Å². The third kappa shape index (κ3) is 1.56. The van der Waals surface area contributed by atoms with Crippen LogP contribution in [-0.2, 0) is 7.05 Å². The summed E-state index contributed by atoms with van der Waals surface area (Å²) in [6, 6.07) is 0. The zero-order valence-corrected chi connectivity index (χ0v) is 10.5. The Morgan fingerprint density at radius 3 is 1.79 bits per heavy atom. The Balaban J connectivity index is 3.60. The Kier molecular flexibility index (Phi) is 2.98. The van der Waals surface area contributed by atoms with Gasteiger partial charge < -0.3 is 0 Å². The topological polar surface area (TPSA) is 3.88 Å². The van der Waals surface area contributed by atoms with Gasteiger partial charge in [0, 0.05) is 24.0 Å². The number of rotatable bonds is 1. The lowest BCUT2D eigenvalue weighted by Crippen LogP contribution is -2.40. The van der Waals surface area contributed by atoms with E-state index in [2.05, 4.69) is 53.2 Å². The molecular formula is C13H22N+. The maximum absolute atomic E-state index is 2.34. The molecule has 0 aliphatic carbocycles. The predicted molar refractivity (Wildman–Crippen MR) is 60.7 cm³/mol. The predicted octanol–water partition coefficient (Wildman–Crippen LogP) is 2.87. The molecule has 0 saturated heterocycles. The normalized spacial score (nSPS) is 11.1. The molecule has 1 rings (SSSR count). The summed E-state index contributed by atoms with van der Waals surface area (Å²) >= 11 is 0. The van der Waals surface area contributed by atoms with Crippen LogP contribution in [-0.4, -0.2) is 0 Å². The first-order valence-corrected chi connectivity index (χ1v) is 5.34. The summed E-state index contributed by atoms with van der Waals surface area (Å²) < 4.78 is 2.34. The fourth-order valence-corrected chi connectivity index (χ4v) is 2.25. The van der Waals surface area contributed by atoms with Crippen molar-refractivity contribution >= 4 is 0 Å². The molecule has 0 N–H and O–H groups in total. The van der Waals surface area contributed by atoms with E-state index in [-0.39, 0.29) is 0 Å². The van der Waals surface area contributed by atoms with E-state index in [9.17, 15) is 0 Å². The van der Waals surface area contributed by atoms with Crippen molar-refractivity contribution < 1.29 is 4.57 Å². The highest BCUT2D eigenvalue weighted by Crippen LogP contribution is 2.21. The van der Waals surface area contributed by atoms with Crippen LogP contribution in [0.25, 0.3) is 0 Å². The van der Waals surface area contributed by atoms with Crippen molar-refractivity contribution in [2.45, 2.75) is 47.5 Å². The molecule has 78 valence electrons. The molecule has 0 amide bonds. The van der Waals surface area contributed by atoms with E-state index in [1.807, 2.05) is 0 Å². The van der Waals surface area contributed by atoms with Crippen LogP contribution in [0.4, 0.5) is 0 Å². The van der Waals surface area contributed by atoms with Crippen molar-refractivity contribution in [3.63, 3.8) is 0 Å². The molecular weight excluding hydrogens is 170 g/mol. The lowest BCUT2D eigenvalue weighted by molar-refractivity contribution is -0.687. The van der Waals surface area contributed by atoms with Gasteiger partial charge in [0.05, 0.1) is 0 Å². The maximum atomic E-state index is 2.34. The second-order valence-corrected chi connectivity index (χ2v) is 4.56. The molecule has 14 heavy (non-hydrogen) atoms. The highest BCUT2D eigenvalue weighted by atomic mass is 15.0. The van der Waals surface area contributed by atoms with Crippen LogP contribution in [0.3, 0.4) is 0 Å². The van der Waals surface area contributed by atoms with Crippen LogP contribution < -0.4 is 4.57 Å². The van der Waals surface area contributed by atoms with E-state index in [1.54, 1.807) is 0 Å². The monoisotopic (exact) mass is 192 g/mol. The largest absolute Gasteiger partial charge is 0.202 e. The van der Waals surface area contributed by atoms with Crippen molar-refractivity contribution in [3.05, 3.63) is 28.1 Å². The molecule has 0 aliphatic rings. The second kappa shape index (κ2) is 3.72. The lowest BCUT2D eigenvalue weighted by Gasteiger charge is -2.14. The molecule has 1 aromatic heterocycles. The standard InChI is InChI=1S/C13H22N/c1-8(2)13-11(5)9(3)10(4)12(6)14(13)7/h8H,1-7H3/q+1. The molecule has 1 aromatic rings. The van der Waals surface area contributed by atoms with E-state index in [0.717, 1.165) is 0 Å². The minimum absolute atomic E-state index is 0.595. The van der Waals surface area contributed by atoms with Crippen molar-refractivity contribution in [1.82, 2.24) is 0 Å². The minimum Gasteiger partial charge on any atom is -0.202 e. The summed E-state index contributed by atoms with van der Waals surface area (Å²) in [5.41, 5.74) is 7.17. The van der Waals surface area contributed by atoms with E-state index < -0.39 is 0 Å². The van der Waals surface area contributed by atoms with Crippen molar-refractivity contribution in [2.24, 2.45) is 7.05 Å². The second-order valence-electron chi connectivity index (χ2n) is 4.56. The van der Waals surface area contributed by atoms with Crippen molar-refractivity contribution in [1.29, 1.82) is 0 Å². The number of hydrogen-bond acceptors (Lipinski definition) is 0. The molecule has 1 heterocycles. The Morgan fingerprint density at radius 1 is 0.857 bits per heavy atom. The Morgan fingerprint density at radius 2 is 1.36 bits per heavy atom. The average molecular weight is 192 g/mol. The fourth-order valence-electron chi connectivity index (χ4n) is 2.25. The van der Waals surface area contributed by atoms with E-state index in [1.165, 1.54) is 28.1 Å². The first-order valence-electron chi connectivity index (χ1n) is 5.34. The first kappa shape index (κ1) is 11.2. The average Bonchev–Trinajstić information content (AvgIpc) is 2.11. The fraction of sp³-hybridized carbons (Fsp3) is 0.615. The summed E-state index contributed by atoms with van der Waals surface area (Å²) in [4.78, 5) is 0. The number of pyridine rings is 1. The molecule has 0 radical (unpaired) electrons. The van der Waals surface area contributed by atoms with E-state index in [0.29, 0.717) is 5.92 Å². The quantitative estimate of drug-likeness (QED) is 0.602. The van der Waals surface area contributed by atoms with Crippen LogP contribution in [0, 0.1) is 27.7 Å². The molecule has 1 heteroatoms. The van der Waals surface area contributed by atoms with Gasteiger partial charge in [-0.25, -0.2) is 4.57 Å². The molecule has 0 unspecified atom stereocenters. The highest BCUT2D eigenvalue weighted by molar-refractivity contribution is 5.35. The third-order valence-corrected chi connectivity index (χ3v) is 3.46. The number of aromatic nitrogens is 1. The van der Waals surface area contributed by atoms with Gasteiger partial charge in [0.2, 0.25) is 0 Å². The van der Waals surface area contributed by atoms with Gasteiger partial charge >= 0.3 is 0 Å². The third-order valence-electron chi connectivity index (χ3n) is 3.46. The molecule has 1 nitrogen and oxygen atoms in total. The molecule has 0 aromatic carbocycles. The molecule has 0 aliphatic heterocycles. The SMILES string of the molecule is Cc1c(C)c(C)[n+](C)c(C(C)C)c1C.